The second kappa shape index (κ2) is 15.9. The number of hydrogen-bond acceptors (Lipinski definition) is 2. The number of rotatable bonds is 4. The molecule has 0 unspecified atom stereocenters. The van der Waals surface area contributed by atoms with Gasteiger partial charge in [-0.2, -0.15) is 0 Å². The lowest BCUT2D eigenvalue weighted by atomic mass is 9.33. The van der Waals surface area contributed by atoms with E-state index in [0.29, 0.717) is 0 Å². The van der Waals surface area contributed by atoms with Crippen molar-refractivity contribution in [1.29, 1.82) is 0 Å². The van der Waals surface area contributed by atoms with Crippen LogP contribution in [0.25, 0.3) is 43.8 Å². The second-order valence-electron chi connectivity index (χ2n) is 24.0. The first-order valence-corrected chi connectivity index (χ1v) is 25.0. The molecule has 0 saturated carbocycles. The van der Waals surface area contributed by atoms with Crippen LogP contribution < -0.4 is 26.2 Å². The van der Waals surface area contributed by atoms with E-state index in [9.17, 15) is 0 Å². The smallest absolute Gasteiger partial charge is 0.252 e. The third-order valence-corrected chi connectivity index (χ3v) is 14.9. The molecular formula is C66H65BN2. The normalized spacial score (nSPS) is 13.7. The van der Waals surface area contributed by atoms with Gasteiger partial charge in [-0.15, -0.1) is 0 Å². The van der Waals surface area contributed by atoms with Gasteiger partial charge >= 0.3 is 0 Å². The topological polar surface area (TPSA) is 6.48 Å². The lowest BCUT2D eigenvalue weighted by Crippen LogP contribution is -2.61. The van der Waals surface area contributed by atoms with Crippen LogP contribution in [0.2, 0.25) is 0 Å². The van der Waals surface area contributed by atoms with Crippen LogP contribution in [0.5, 0.6) is 0 Å². The maximum atomic E-state index is 2.65. The minimum Gasteiger partial charge on any atom is -0.311 e. The largest absolute Gasteiger partial charge is 0.311 e. The van der Waals surface area contributed by atoms with Crippen LogP contribution in [0.1, 0.15) is 105 Å². The molecule has 0 N–H and O–H groups in total. The molecule has 69 heavy (non-hydrogen) atoms. The number of nitrogens with zero attached hydrogens (tertiary/aromatic N) is 2. The first-order chi connectivity index (χ1) is 32.7. The van der Waals surface area contributed by atoms with E-state index in [2.05, 4.69) is 269 Å². The Morgan fingerprint density at radius 2 is 0.638 bits per heavy atom. The van der Waals surface area contributed by atoms with E-state index in [1.54, 1.807) is 0 Å². The van der Waals surface area contributed by atoms with E-state index in [4.69, 9.17) is 0 Å². The second-order valence-corrected chi connectivity index (χ2v) is 24.0. The molecule has 0 atom stereocenters. The van der Waals surface area contributed by atoms with Crippen molar-refractivity contribution in [2.45, 2.75) is 105 Å². The molecule has 2 nitrogen and oxygen atoms in total. The SMILES string of the molecule is CC(C)(C)c1cc(N2c3cc4ccccc4cc3B3c4cc5ccccc5cc4N(c4cc(C(C)(C)C)cc(C(C)(C)C)c4)c4cc(-c5ccccc5-c5ccccc5)cc2c43)cc(C(C)(C)C)c1. The summed E-state index contributed by atoms with van der Waals surface area (Å²) in [5, 5.41) is 4.99. The summed E-state index contributed by atoms with van der Waals surface area (Å²) in [4.78, 5) is 5.29. The maximum absolute atomic E-state index is 2.65. The van der Waals surface area contributed by atoms with Crippen molar-refractivity contribution in [3.05, 3.63) is 198 Å². The minimum absolute atomic E-state index is 0.0408. The van der Waals surface area contributed by atoms with Gasteiger partial charge in [-0.05, 0) is 153 Å². The van der Waals surface area contributed by atoms with Gasteiger partial charge in [-0.3, -0.25) is 0 Å². The van der Waals surface area contributed by atoms with Gasteiger partial charge in [0.2, 0.25) is 0 Å². The summed E-state index contributed by atoms with van der Waals surface area (Å²) in [5.41, 5.74) is 21.1. The van der Waals surface area contributed by atoms with E-state index in [1.807, 2.05) is 0 Å². The molecule has 9 aromatic rings. The quantitative estimate of drug-likeness (QED) is 0.162. The molecule has 0 aromatic heterocycles. The van der Waals surface area contributed by atoms with Crippen LogP contribution >= 0.6 is 0 Å². The lowest BCUT2D eigenvalue weighted by Gasteiger charge is -2.45. The lowest BCUT2D eigenvalue weighted by molar-refractivity contribution is 0.568. The van der Waals surface area contributed by atoms with E-state index in [0.717, 1.165) is 0 Å². The predicted octanol–water partition coefficient (Wildman–Crippen LogP) is 16.6. The molecule has 0 amide bonds. The molecule has 2 heterocycles. The van der Waals surface area contributed by atoms with Gasteiger partial charge in [0.15, 0.2) is 0 Å². The van der Waals surface area contributed by atoms with Gasteiger partial charge in [0, 0.05) is 34.1 Å². The van der Waals surface area contributed by atoms with Crippen molar-refractivity contribution in [1.82, 2.24) is 0 Å². The average molecular weight is 897 g/mol. The van der Waals surface area contributed by atoms with Gasteiger partial charge < -0.3 is 9.80 Å². The fourth-order valence-electron chi connectivity index (χ4n) is 10.9. The monoisotopic (exact) mass is 897 g/mol. The van der Waals surface area contributed by atoms with Gasteiger partial charge in [0.25, 0.3) is 6.71 Å². The number of benzene rings is 9. The zero-order valence-corrected chi connectivity index (χ0v) is 42.7. The number of fused-ring (bicyclic) bond motifs is 6. The summed E-state index contributed by atoms with van der Waals surface area (Å²) in [6.45, 7) is 28.2. The molecular weight excluding hydrogens is 832 g/mol. The summed E-state index contributed by atoms with van der Waals surface area (Å²) in [6, 6.07) is 67.7. The predicted molar refractivity (Wildman–Crippen MR) is 301 cm³/mol. The number of anilines is 6. The summed E-state index contributed by atoms with van der Waals surface area (Å²) >= 11 is 0. The van der Waals surface area contributed by atoms with Crippen LogP contribution in [0, 0.1) is 0 Å². The van der Waals surface area contributed by atoms with E-state index >= 15 is 0 Å². The molecule has 0 saturated heterocycles. The zero-order valence-electron chi connectivity index (χ0n) is 42.7. The molecule has 0 radical (unpaired) electrons. The summed E-state index contributed by atoms with van der Waals surface area (Å²) in [6.07, 6.45) is 0. The van der Waals surface area contributed by atoms with Crippen LogP contribution in [0.4, 0.5) is 34.1 Å². The van der Waals surface area contributed by atoms with Gasteiger partial charge in [0.1, 0.15) is 0 Å². The standard InChI is InChI=1S/C66H65BN2/c1-63(2,3)48-36-49(64(4,5)6)39-52(38-48)68-58-32-45-26-18-16-24-43(45)30-56(58)67-57-31-44-25-17-19-27-46(44)33-59(57)69(53-40-50(65(7,8)9)37-51(41-53)66(10,11)12)61-35-47(34-60(68)62(61)67)55-29-21-20-28-54(55)42-22-14-13-15-23-42/h13-41H,1-12H3. The maximum Gasteiger partial charge on any atom is 0.252 e. The first kappa shape index (κ1) is 44.7. The number of hydrogen-bond donors (Lipinski definition) is 0. The Morgan fingerprint density at radius 3 is 1.01 bits per heavy atom. The Morgan fingerprint density at radius 1 is 0.304 bits per heavy atom. The molecule has 3 heteroatoms. The molecule has 9 aromatic carbocycles. The molecule has 0 fully saturated rings. The van der Waals surface area contributed by atoms with E-state index in [1.165, 1.54) is 117 Å². The molecule has 11 rings (SSSR count). The first-order valence-electron chi connectivity index (χ1n) is 25.0. The fraction of sp³-hybridized carbons (Fsp3) is 0.242. The van der Waals surface area contributed by atoms with E-state index < -0.39 is 0 Å². The average Bonchev–Trinajstić information content (AvgIpc) is 3.31. The highest BCUT2D eigenvalue weighted by molar-refractivity contribution is 7.00. The third-order valence-electron chi connectivity index (χ3n) is 14.9. The van der Waals surface area contributed by atoms with Gasteiger partial charge in [0.05, 0.1) is 0 Å². The Kier molecular flexibility index (Phi) is 10.3. The Balaban J connectivity index is 1.34. The Hall–Kier alpha value is -6.84. The summed E-state index contributed by atoms with van der Waals surface area (Å²) in [5.74, 6) is 0. The zero-order chi connectivity index (χ0) is 48.4. The summed E-state index contributed by atoms with van der Waals surface area (Å²) < 4.78 is 0. The molecule has 0 aliphatic carbocycles. The van der Waals surface area contributed by atoms with Crippen LogP contribution in [-0.4, -0.2) is 6.71 Å². The fourth-order valence-corrected chi connectivity index (χ4v) is 10.9. The third kappa shape index (κ3) is 7.75. The van der Waals surface area contributed by atoms with Crippen LogP contribution in [0.15, 0.2) is 176 Å². The molecule has 0 bridgehead atoms. The highest BCUT2D eigenvalue weighted by atomic mass is 15.2. The highest BCUT2D eigenvalue weighted by Gasteiger charge is 2.45. The highest BCUT2D eigenvalue weighted by Crippen LogP contribution is 2.50. The van der Waals surface area contributed by atoms with Crippen LogP contribution in [-0.2, 0) is 21.7 Å². The van der Waals surface area contributed by atoms with Crippen molar-refractivity contribution in [3.8, 4) is 22.3 Å². The van der Waals surface area contributed by atoms with Crippen LogP contribution in [0.3, 0.4) is 0 Å². The Bertz CT molecular complexity index is 3240. The van der Waals surface area contributed by atoms with Crippen molar-refractivity contribution in [2.24, 2.45) is 0 Å². The van der Waals surface area contributed by atoms with Crippen molar-refractivity contribution in [3.63, 3.8) is 0 Å². The van der Waals surface area contributed by atoms with Crippen molar-refractivity contribution < 1.29 is 0 Å². The molecule has 0 spiro atoms. The minimum atomic E-state index is -0.0733. The van der Waals surface area contributed by atoms with Gasteiger partial charge in [-0.25, -0.2) is 0 Å². The molecule has 2 aliphatic rings. The molecule has 342 valence electrons. The van der Waals surface area contributed by atoms with Crippen molar-refractivity contribution >= 4 is 78.8 Å². The van der Waals surface area contributed by atoms with E-state index in [-0.39, 0.29) is 28.4 Å². The summed E-state index contributed by atoms with van der Waals surface area (Å²) in [7, 11) is 0. The van der Waals surface area contributed by atoms with Gasteiger partial charge in [-0.1, -0.05) is 210 Å². The van der Waals surface area contributed by atoms with Crippen molar-refractivity contribution in [2.75, 3.05) is 9.80 Å². The Labute approximate surface area is 411 Å². The molecule has 2 aliphatic heterocycles.